The summed E-state index contributed by atoms with van der Waals surface area (Å²) in [6.07, 6.45) is 0. The van der Waals surface area contributed by atoms with E-state index in [-0.39, 0.29) is 24.9 Å². The van der Waals surface area contributed by atoms with E-state index in [1.807, 2.05) is 72.8 Å². The van der Waals surface area contributed by atoms with Crippen LogP contribution in [0.2, 0.25) is 0 Å². The number of carbonyl (C=O) groups is 2. The molecule has 2 amide bonds. The minimum atomic E-state index is -1.20. The molecule has 4 aromatic rings. The Morgan fingerprint density at radius 3 is 2.37 bits per heavy atom. The van der Waals surface area contributed by atoms with Crippen LogP contribution in [0, 0.1) is 0 Å². The van der Waals surface area contributed by atoms with Crippen LogP contribution in [0.1, 0.15) is 28.5 Å². The first kappa shape index (κ1) is 25.1. The van der Waals surface area contributed by atoms with Crippen molar-refractivity contribution in [3.63, 3.8) is 0 Å². The molecule has 1 atom stereocenters. The van der Waals surface area contributed by atoms with Gasteiger partial charge < -0.3 is 19.7 Å². The molecule has 0 aliphatic carbocycles. The molecule has 194 valence electrons. The Morgan fingerprint density at radius 1 is 0.974 bits per heavy atom. The van der Waals surface area contributed by atoms with E-state index in [2.05, 4.69) is 5.32 Å². The highest BCUT2D eigenvalue weighted by Crippen LogP contribution is 2.34. The quantitative estimate of drug-likeness (QED) is 0.382. The summed E-state index contributed by atoms with van der Waals surface area (Å²) in [5, 5.41) is 7.75. The maximum Gasteiger partial charge on any atom is 0.273 e. The molecule has 8 nitrogen and oxygen atoms in total. The van der Waals surface area contributed by atoms with Gasteiger partial charge >= 0.3 is 0 Å². The molecule has 0 saturated carbocycles. The Bertz CT molecular complexity index is 1450. The zero-order valence-corrected chi connectivity index (χ0v) is 21.7. The van der Waals surface area contributed by atoms with Crippen molar-refractivity contribution in [1.82, 2.24) is 20.0 Å². The van der Waals surface area contributed by atoms with Crippen molar-refractivity contribution in [1.29, 1.82) is 0 Å². The number of benzene rings is 3. The zero-order chi connectivity index (χ0) is 26.7. The summed E-state index contributed by atoms with van der Waals surface area (Å²) in [7, 11) is 3.16. The predicted octanol–water partition coefficient (Wildman–Crippen LogP) is 4.30. The lowest BCUT2D eigenvalue weighted by molar-refractivity contribution is -0.133. The van der Waals surface area contributed by atoms with Gasteiger partial charge in [-0.2, -0.15) is 5.10 Å². The Balaban J connectivity index is 1.52. The highest BCUT2D eigenvalue weighted by molar-refractivity contribution is 6.00. The van der Waals surface area contributed by atoms with Gasteiger partial charge in [0.05, 0.1) is 33.0 Å². The van der Waals surface area contributed by atoms with Crippen LogP contribution in [0.4, 0.5) is 0 Å². The standard InChI is InChI=1S/C30H30N4O4/c1-30(29(36)31-18-21-10-6-4-7-11-21)20-34-26(17-25(32-34)22-12-8-5-9-13-22)28(35)33(30)19-23-14-15-24(37-2)16-27(23)38-3/h4-17H,18-20H2,1-3H3,(H,31,36)/t30-/m0/s1. The fraction of sp³-hybridized carbons (Fsp3) is 0.233. The number of hydrogen-bond donors (Lipinski definition) is 1. The van der Waals surface area contributed by atoms with Crippen LogP contribution in [-0.4, -0.2) is 46.3 Å². The van der Waals surface area contributed by atoms with Crippen molar-refractivity contribution < 1.29 is 19.1 Å². The van der Waals surface area contributed by atoms with E-state index < -0.39 is 5.54 Å². The molecule has 8 heteroatoms. The number of aromatic nitrogens is 2. The minimum Gasteiger partial charge on any atom is -0.497 e. The molecule has 3 aromatic carbocycles. The van der Waals surface area contributed by atoms with E-state index in [0.717, 1.165) is 16.7 Å². The number of amides is 2. The lowest BCUT2D eigenvalue weighted by Crippen LogP contribution is -2.63. The van der Waals surface area contributed by atoms with E-state index >= 15 is 0 Å². The number of rotatable bonds is 8. The van der Waals surface area contributed by atoms with Crippen LogP contribution in [-0.2, 0) is 24.4 Å². The number of ether oxygens (including phenoxy) is 2. The highest BCUT2D eigenvalue weighted by atomic mass is 16.5. The smallest absolute Gasteiger partial charge is 0.273 e. The van der Waals surface area contributed by atoms with Crippen LogP contribution in [0.5, 0.6) is 11.5 Å². The fourth-order valence-corrected chi connectivity index (χ4v) is 4.76. The first-order chi connectivity index (χ1) is 18.4. The lowest BCUT2D eigenvalue weighted by atomic mass is 9.93. The van der Waals surface area contributed by atoms with Gasteiger partial charge in [-0.1, -0.05) is 60.7 Å². The summed E-state index contributed by atoms with van der Waals surface area (Å²) in [5.74, 6) is 0.684. The summed E-state index contributed by atoms with van der Waals surface area (Å²) in [6.45, 7) is 2.52. The summed E-state index contributed by atoms with van der Waals surface area (Å²) in [5.41, 5.74) is 2.56. The van der Waals surface area contributed by atoms with Gasteiger partial charge in [-0.25, -0.2) is 0 Å². The van der Waals surface area contributed by atoms with Crippen LogP contribution >= 0.6 is 0 Å². The number of methoxy groups -OCH3 is 2. The topological polar surface area (TPSA) is 85.7 Å². The van der Waals surface area contributed by atoms with Gasteiger partial charge in [0.25, 0.3) is 5.91 Å². The van der Waals surface area contributed by atoms with Crippen molar-refractivity contribution in [3.05, 3.63) is 102 Å². The van der Waals surface area contributed by atoms with Gasteiger partial charge in [0.1, 0.15) is 22.7 Å². The summed E-state index contributed by atoms with van der Waals surface area (Å²) in [6, 6.07) is 26.6. The third-order valence-corrected chi connectivity index (χ3v) is 6.97. The number of nitrogens with zero attached hydrogens (tertiary/aromatic N) is 3. The molecule has 0 spiro atoms. The molecule has 5 rings (SSSR count). The van der Waals surface area contributed by atoms with E-state index in [9.17, 15) is 9.59 Å². The third-order valence-electron chi connectivity index (χ3n) is 6.97. The van der Waals surface area contributed by atoms with E-state index in [1.54, 1.807) is 42.9 Å². The summed E-state index contributed by atoms with van der Waals surface area (Å²) < 4.78 is 12.6. The largest absolute Gasteiger partial charge is 0.497 e. The molecule has 38 heavy (non-hydrogen) atoms. The monoisotopic (exact) mass is 510 g/mol. The normalized spacial score (nSPS) is 16.6. The van der Waals surface area contributed by atoms with Crippen molar-refractivity contribution >= 4 is 11.8 Å². The van der Waals surface area contributed by atoms with Gasteiger partial charge in [0.2, 0.25) is 5.91 Å². The summed E-state index contributed by atoms with van der Waals surface area (Å²) >= 11 is 0. The molecular weight excluding hydrogens is 480 g/mol. The first-order valence-corrected chi connectivity index (χ1v) is 12.4. The van der Waals surface area contributed by atoms with Crippen molar-refractivity contribution in [2.45, 2.75) is 32.1 Å². The number of carbonyl (C=O) groups excluding carboxylic acids is 2. The molecule has 0 bridgehead atoms. The second kappa shape index (κ2) is 10.4. The molecule has 1 N–H and O–H groups in total. The first-order valence-electron chi connectivity index (χ1n) is 12.4. The van der Waals surface area contributed by atoms with Crippen LogP contribution in [0.25, 0.3) is 11.3 Å². The third kappa shape index (κ3) is 4.72. The second-order valence-electron chi connectivity index (χ2n) is 9.45. The molecule has 0 unspecified atom stereocenters. The number of fused-ring (bicyclic) bond motifs is 1. The second-order valence-corrected chi connectivity index (χ2v) is 9.45. The average Bonchev–Trinajstić information content (AvgIpc) is 3.39. The lowest BCUT2D eigenvalue weighted by Gasteiger charge is -2.43. The molecule has 0 fully saturated rings. The highest BCUT2D eigenvalue weighted by Gasteiger charge is 2.48. The SMILES string of the molecule is COc1ccc(CN2C(=O)c3cc(-c4ccccc4)nn3C[C@@]2(C)C(=O)NCc2ccccc2)c(OC)c1. The predicted molar refractivity (Wildman–Crippen MR) is 144 cm³/mol. The van der Waals surface area contributed by atoms with Gasteiger partial charge in [0.15, 0.2) is 0 Å². The van der Waals surface area contributed by atoms with E-state index in [4.69, 9.17) is 14.6 Å². The Kier molecular flexibility index (Phi) is 6.87. The molecule has 1 aliphatic heterocycles. The van der Waals surface area contributed by atoms with E-state index in [1.165, 1.54) is 0 Å². The molecule has 0 saturated heterocycles. The Morgan fingerprint density at radius 2 is 1.68 bits per heavy atom. The van der Waals surface area contributed by atoms with Crippen LogP contribution < -0.4 is 14.8 Å². The van der Waals surface area contributed by atoms with Crippen molar-refractivity contribution in [2.24, 2.45) is 0 Å². The van der Waals surface area contributed by atoms with Crippen molar-refractivity contribution in [3.8, 4) is 22.8 Å². The fourth-order valence-electron chi connectivity index (χ4n) is 4.76. The average molecular weight is 511 g/mol. The number of nitrogens with one attached hydrogen (secondary N) is 1. The van der Waals surface area contributed by atoms with Gasteiger partial charge in [-0.15, -0.1) is 0 Å². The minimum absolute atomic E-state index is 0.174. The molecule has 1 aromatic heterocycles. The van der Waals surface area contributed by atoms with Crippen molar-refractivity contribution in [2.75, 3.05) is 14.2 Å². The van der Waals surface area contributed by atoms with Gasteiger partial charge in [0, 0.05) is 23.7 Å². The molecule has 0 radical (unpaired) electrons. The molecule has 1 aliphatic rings. The van der Waals surface area contributed by atoms with E-state index in [0.29, 0.717) is 29.4 Å². The van der Waals surface area contributed by atoms with Gasteiger partial charge in [-0.05, 0) is 30.7 Å². The molecular formula is C30H30N4O4. The summed E-state index contributed by atoms with van der Waals surface area (Å²) in [4.78, 5) is 29.4. The van der Waals surface area contributed by atoms with Crippen LogP contribution in [0.3, 0.4) is 0 Å². The Labute approximate surface area is 221 Å². The van der Waals surface area contributed by atoms with Crippen LogP contribution in [0.15, 0.2) is 84.9 Å². The zero-order valence-electron chi connectivity index (χ0n) is 21.7. The van der Waals surface area contributed by atoms with Gasteiger partial charge in [-0.3, -0.25) is 14.3 Å². The maximum absolute atomic E-state index is 14.0. The Hall–Kier alpha value is -4.59. The number of hydrogen-bond acceptors (Lipinski definition) is 5. The molecule has 2 heterocycles. The maximum atomic E-state index is 14.0.